The van der Waals surface area contributed by atoms with Crippen molar-refractivity contribution in [2.24, 2.45) is 13.0 Å². The molecule has 1 aliphatic carbocycles. The first-order valence-corrected chi connectivity index (χ1v) is 7.15. The molecule has 2 aromatic rings. The molecule has 0 aliphatic heterocycles. The van der Waals surface area contributed by atoms with Crippen molar-refractivity contribution in [3.05, 3.63) is 28.6 Å². The van der Waals surface area contributed by atoms with Gasteiger partial charge in [-0.1, -0.05) is 19.3 Å². The van der Waals surface area contributed by atoms with Gasteiger partial charge in [0, 0.05) is 18.7 Å². The van der Waals surface area contributed by atoms with E-state index >= 15 is 0 Å². The maximum Gasteiger partial charge on any atom is 0.272 e. The van der Waals surface area contributed by atoms with Crippen LogP contribution in [0.2, 0.25) is 0 Å². The molecule has 1 aromatic heterocycles. The van der Waals surface area contributed by atoms with Crippen molar-refractivity contribution in [3.8, 4) is 0 Å². The number of hydrogen-bond donors (Lipinski definition) is 2. The monoisotopic (exact) mass is 273 g/mol. The van der Waals surface area contributed by atoms with E-state index in [1.165, 1.54) is 6.42 Å². The summed E-state index contributed by atoms with van der Waals surface area (Å²) in [6, 6.07) is 5.44. The topological polar surface area (TPSA) is 66.9 Å². The summed E-state index contributed by atoms with van der Waals surface area (Å²) >= 11 is 0. The first-order chi connectivity index (χ1) is 9.65. The lowest BCUT2D eigenvalue weighted by atomic mass is 9.88. The number of aryl methyl sites for hydroxylation is 1. The van der Waals surface area contributed by atoms with E-state index in [2.05, 4.69) is 10.4 Å². The first kappa shape index (κ1) is 13.0. The predicted octanol–water partition coefficient (Wildman–Crippen LogP) is 2.39. The van der Waals surface area contributed by atoms with Crippen LogP contribution in [0.25, 0.3) is 10.9 Å². The summed E-state index contributed by atoms with van der Waals surface area (Å²) in [7, 11) is 1.80. The molecule has 0 spiro atoms. The van der Waals surface area contributed by atoms with Gasteiger partial charge in [-0.25, -0.2) is 0 Å². The number of carbonyl (C=O) groups excluding carboxylic acids is 1. The molecule has 0 bridgehead atoms. The van der Waals surface area contributed by atoms with E-state index in [4.69, 9.17) is 0 Å². The summed E-state index contributed by atoms with van der Waals surface area (Å²) in [5, 5.41) is 6.25. The molecule has 2 N–H and O–H groups in total. The zero-order valence-electron chi connectivity index (χ0n) is 11.6. The number of H-pyrrole nitrogens is 1. The number of nitrogens with zero attached hydrogens (tertiary/aromatic N) is 1. The Morgan fingerprint density at radius 2 is 2.05 bits per heavy atom. The van der Waals surface area contributed by atoms with Crippen LogP contribution in [0.1, 0.15) is 32.1 Å². The Hall–Kier alpha value is -2.04. The standard InChI is InChI=1S/C15H19N3O2/c1-18-13-8-7-11(9-12(13)15(20)17-18)16-14(19)10-5-3-2-4-6-10/h7-10H,2-6H2,1H3,(H,16,19)(H,17,20). The van der Waals surface area contributed by atoms with Gasteiger partial charge in [0.15, 0.2) is 0 Å². The van der Waals surface area contributed by atoms with Crippen molar-refractivity contribution >= 4 is 22.5 Å². The average Bonchev–Trinajstić information content (AvgIpc) is 2.75. The molecule has 1 aromatic carbocycles. The van der Waals surface area contributed by atoms with Gasteiger partial charge in [0.25, 0.3) is 5.56 Å². The zero-order valence-corrected chi connectivity index (χ0v) is 11.6. The number of benzene rings is 1. The molecule has 5 heteroatoms. The molecule has 0 saturated heterocycles. The largest absolute Gasteiger partial charge is 0.326 e. The van der Waals surface area contributed by atoms with E-state index in [-0.39, 0.29) is 17.4 Å². The minimum absolute atomic E-state index is 0.0800. The van der Waals surface area contributed by atoms with Crippen molar-refractivity contribution in [2.45, 2.75) is 32.1 Å². The average molecular weight is 273 g/mol. The maximum atomic E-state index is 12.2. The Morgan fingerprint density at radius 3 is 2.80 bits per heavy atom. The van der Waals surface area contributed by atoms with Crippen molar-refractivity contribution in [2.75, 3.05) is 5.32 Å². The van der Waals surface area contributed by atoms with Gasteiger partial charge in [0.2, 0.25) is 5.91 Å². The molecule has 1 fully saturated rings. The number of amides is 1. The third kappa shape index (κ3) is 2.35. The van der Waals surface area contributed by atoms with Crippen LogP contribution in [-0.4, -0.2) is 15.7 Å². The summed E-state index contributed by atoms with van der Waals surface area (Å²) in [5.41, 5.74) is 1.41. The maximum absolute atomic E-state index is 12.2. The number of hydrogen-bond acceptors (Lipinski definition) is 2. The van der Waals surface area contributed by atoms with Gasteiger partial charge in [0.1, 0.15) is 0 Å². The van der Waals surface area contributed by atoms with E-state index in [0.29, 0.717) is 11.1 Å². The number of aromatic nitrogens is 2. The van der Waals surface area contributed by atoms with Crippen LogP contribution in [0, 0.1) is 5.92 Å². The molecule has 1 aliphatic rings. The van der Waals surface area contributed by atoms with Gasteiger partial charge in [-0.05, 0) is 31.0 Å². The van der Waals surface area contributed by atoms with Gasteiger partial charge in [-0.2, -0.15) is 0 Å². The lowest BCUT2D eigenvalue weighted by Gasteiger charge is -2.20. The van der Waals surface area contributed by atoms with Crippen LogP contribution in [0.4, 0.5) is 5.69 Å². The molecule has 1 amide bonds. The lowest BCUT2D eigenvalue weighted by molar-refractivity contribution is -0.120. The summed E-state index contributed by atoms with van der Waals surface area (Å²) in [4.78, 5) is 23.9. The molecule has 1 saturated carbocycles. The Bertz CT molecular complexity index is 693. The number of fused-ring (bicyclic) bond motifs is 1. The van der Waals surface area contributed by atoms with Crippen LogP contribution in [0.5, 0.6) is 0 Å². The molecule has 0 radical (unpaired) electrons. The summed E-state index contributed by atoms with van der Waals surface area (Å²) in [5.74, 6) is 0.199. The Morgan fingerprint density at radius 1 is 1.30 bits per heavy atom. The van der Waals surface area contributed by atoms with E-state index in [0.717, 1.165) is 31.2 Å². The third-order valence-corrected chi connectivity index (χ3v) is 4.12. The quantitative estimate of drug-likeness (QED) is 0.882. The fourth-order valence-electron chi connectivity index (χ4n) is 2.97. The Kier molecular flexibility index (Phi) is 3.34. The minimum Gasteiger partial charge on any atom is -0.326 e. The molecule has 3 rings (SSSR count). The van der Waals surface area contributed by atoms with Gasteiger partial charge in [0.05, 0.1) is 10.9 Å². The van der Waals surface area contributed by atoms with Crippen molar-refractivity contribution in [1.82, 2.24) is 9.78 Å². The normalized spacial score (nSPS) is 16.4. The number of carbonyl (C=O) groups is 1. The Balaban J connectivity index is 1.82. The van der Waals surface area contributed by atoms with Crippen LogP contribution in [0.15, 0.2) is 23.0 Å². The molecule has 20 heavy (non-hydrogen) atoms. The Labute approximate surface area is 117 Å². The molecule has 106 valence electrons. The van der Waals surface area contributed by atoms with Gasteiger partial charge in [-0.3, -0.25) is 19.4 Å². The molecule has 5 nitrogen and oxygen atoms in total. The van der Waals surface area contributed by atoms with Gasteiger partial charge < -0.3 is 5.32 Å². The molecule has 0 atom stereocenters. The number of anilines is 1. The highest BCUT2D eigenvalue weighted by atomic mass is 16.2. The highest BCUT2D eigenvalue weighted by Crippen LogP contribution is 2.25. The van der Waals surface area contributed by atoms with Crippen molar-refractivity contribution < 1.29 is 4.79 Å². The lowest BCUT2D eigenvalue weighted by Crippen LogP contribution is -2.24. The van der Waals surface area contributed by atoms with E-state index in [1.807, 2.05) is 12.1 Å². The van der Waals surface area contributed by atoms with Crippen molar-refractivity contribution in [1.29, 1.82) is 0 Å². The SMILES string of the molecule is Cn1[nH]c(=O)c2cc(NC(=O)C3CCCCC3)ccc21. The van der Waals surface area contributed by atoms with E-state index in [1.54, 1.807) is 17.8 Å². The fraction of sp³-hybridized carbons (Fsp3) is 0.467. The van der Waals surface area contributed by atoms with E-state index in [9.17, 15) is 9.59 Å². The second kappa shape index (κ2) is 5.15. The third-order valence-electron chi connectivity index (χ3n) is 4.12. The zero-order chi connectivity index (χ0) is 14.1. The van der Waals surface area contributed by atoms with Crippen LogP contribution in [-0.2, 0) is 11.8 Å². The minimum atomic E-state index is -0.128. The highest BCUT2D eigenvalue weighted by molar-refractivity contribution is 5.95. The number of rotatable bonds is 2. The molecule has 0 unspecified atom stereocenters. The highest BCUT2D eigenvalue weighted by Gasteiger charge is 2.21. The summed E-state index contributed by atoms with van der Waals surface area (Å²) in [6.07, 6.45) is 5.44. The second-order valence-electron chi connectivity index (χ2n) is 5.56. The first-order valence-electron chi connectivity index (χ1n) is 7.15. The molecule has 1 heterocycles. The summed E-state index contributed by atoms with van der Waals surface area (Å²) in [6.45, 7) is 0. The molecular weight excluding hydrogens is 254 g/mol. The second-order valence-corrected chi connectivity index (χ2v) is 5.56. The van der Waals surface area contributed by atoms with Crippen LogP contribution < -0.4 is 10.9 Å². The smallest absolute Gasteiger partial charge is 0.272 e. The van der Waals surface area contributed by atoms with Crippen LogP contribution in [0.3, 0.4) is 0 Å². The summed E-state index contributed by atoms with van der Waals surface area (Å²) < 4.78 is 1.68. The number of nitrogens with one attached hydrogen (secondary N) is 2. The van der Waals surface area contributed by atoms with Gasteiger partial charge >= 0.3 is 0 Å². The van der Waals surface area contributed by atoms with Gasteiger partial charge in [-0.15, -0.1) is 0 Å². The van der Waals surface area contributed by atoms with E-state index < -0.39 is 0 Å². The predicted molar refractivity (Wildman–Crippen MR) is 78.7 cm³/mol. The number of aromatic amines is 1. The molecular formula is C15H19N3O2. The fourth-order valence-corrected chi connectivity index (χ4v) is 2.97. The van der Waals surface area contributed by atoms with Crippen molar-refractivity contribution in [3.63, 3.8) is 0 Å². The van der Waals surface area contributed by atoms with Crippen LogP contribution >= 0.6 is 0 Å².